The van der Waals surface area contributed by atoms with Gasteiger partial charge in [0, 0.05) is 34.3 Å². The minimum Gasteiger partial charge on any atom is -0.463 e. The SMILES string of the molecule is CC(=O)OCC1OC(OC2CCOC(COCc3ccccc3)C2O)C(OC(C)=O)C(OC(C)=O)C1OC(C)=O. The van der Waals surface area contributed by atoms with Crippen molar-refractivity contribution in [1.82, 2.24) is 0 Å². The number of rotatable bonds is 11. The predicted molar refractivity (Wildman–Crippen MR) is 133 cm³/mol. The van der Waals surface area contributed by atoms with Crippen molar-refractivity contribution in [3.05, 3.63) is 35.9 Å². The Morgan fingerprint density at radius 1 is 0.825 bits per heavy atom. The van der Waals surface area contributed by atoms with Crippen molar-refractivity contribution in [2.45, 2.75) is 89.7 Å². The van der Waals surface area contributed by atoms with E-state index in [4.69, 9.17) is 37.9 Å². The highest BCUT2D eigenvalue weighted by molar-refractivity contribution is 5.68. The fourth-order valence-electron chi connectivity index (χ4n) is 4.48. The van der Waals surface area contributed by atoms with E-state index in [-0.39, 0.29) is 26.2 Å². The number of hydrogen-bond donors (Lipinski definition) is 1. The normalized spacial score (nSPS) is 30.1. The zero-order chi connectivity index (χ0) is 29.2. The van der Waals surface area contributed by atoms with E-state index in [1.54, 1.807) is 0 Å². The van der Waals surface area contributed by atoms with Crippen LogP contribution < -0.4 is 0 Å². The van der Waals surface area contributed by atoms with Crippen LogP contribution in [-0.4, -0.2) is 97.8 Å². The van der Waals surface area contributed by atoms with Crippen LogP contribution in [0.4, 0.5) is 0 Å². The number of aliphatic hydroxyl groups is 1. The number of esters is 4. The second-order valence-corrected chi connectivity index (χ2v) is 9.43. The van der Waals surface area contributed by atoms with Crippen LogP contribution in [0.15, 0.2) is 30.3 Å². The smallest absolute Gasteiger partial charge is 0.303 e. The lowest BCUT2D eigenvalue weighted by Crippen LogP contribution is -2.64. The molecule has 40 heavy (non-hydrogen) atoms. The highest BCUT2D eigenvalue weighted by atomic mass is 16.7. The minimum atomic E-state index is -1.40. The van der Waals surface area contributed by atoms with Gasteiger partial charge in [-0.15, -0.1) is 0 Å². The van der Waals surface area contributed by atoms with E-state index in [1.807, 2.05) is 30.3 Å². The molecule has 13 heteroatoms. The summed E-state index contributed by atoms with van der Waals surface area (Å²) in [4.78, 5) is 47.4. The monoisotopic (exact) mass is 568 g/mol. The van der Waals surface area contributed by atoms with Gasteiger partial charge in [0.1, 0.15) is 24.9 Å². The number of carbonyl (C=O) groups excluding carboxylic acids is 4. The van der Waals surface area contributed by atoms with E-state index >= 15 is 0 Å². The third-order valence-corrected chi connectivity index (χ3v) is 6.15. The van der Waals surface area contributed by atoms with Crippen LogP contribution in [0.3, 0.4) is 0 Å². The molecule has 2 fully saturated rings. The van der Waals surface area contributed by atoms with Gasteiger partial charge in [0.15, 0.2) is 24.6 Å². The lowest BCUT2D eigenvalue weighted by atomic mass is 9.97. The van der Waals surface area contributed by atoms with Gasteiger partial charge < -0.3 is 43.0 Å². The average Bonchev–Trinajstić information content (AvgIpc) is 2.88. The van der Waals surface area contributed by atoms with Gasteiger partial charge in [-0.05, 0) is 12.0 Å². The van der Waals surface area contributed by atoms with Gasteiger partial charge in [-0.1, -0.05) is 30.3 Å². The van der Waals surface area contributed by atoms with Crippen molar-refractivity contribution in [2.75, 3.05) is 19.8 Å². The molecule has 8 unspecified atom stereocenters. The summed E-state index contributed by atoms with van der Waals surface area (Å²) in [5, 5.41) is 11.0. The summed E-state index contributed by atoms with van der Waals surface area (Å²) in [6.07, 6.45) is -9.11. The molecule has 8 atom stereocenters. The van der Waals surface area contributed by atoms with Crippen LogP contribution in [0.1, 0.15) is 39.7 Å². The molecule has 1 N–H and O–H groups in total. The van der Waals surface area contributed by atoms with Crippen molar-refractivity contribution >= 4 is 23.9 Å². The Balaban J connectivity index is 1.79. The van der Waals surface area contributed by atoms with Crippen LogP contribution in [0, 0.1) is 0 Å². The fourth-order valence-corrected chi connectivity index (χ4v) is 4.48. The molecule has 2 saturated heterocycles. The first kappa shape index (κ1) is 31.4. The Labute approximate surface area is 231 Å². The van der Waals surface area contributed by atoms with E-state index in [9.17, 15) is 24.3 Å². The first-order chi connectivity index (χ1) is 19.0. The quantitative estimate of drug-likeness (QED) is 0.295. The molecule has 0 aliphatic carbocycles. The number of benzene rings is 1. The van der Waals surface area contributed by atoms with Gasteiger partial charge in [0.25, 0.3) is 0 Å². The number of ether oxygens (including phenoxy) is 8. The Hall–Kier alpha value is -3.10. The molecule has 1 aromatic rings. The van der Waals surface area contributed by atoms with Crippen LogP contribution in [0.25, 0.3) is 0 Å². The number of aliphatic hydroxyl groups excluding tert-OH is 1. The topological polar surface area (TPSA) is 162 Å². The van der Waals surface area contributed by atoms with Gasteiger partial charge in [0.05, 0.1) is 19.3 Å². The van der Waals surface area contributed by atoms with E-state index in [1.165, 1.54) is 6.92 Å². The van der Waals surface area contributed by atoms with Crippen LogP contribution in [0.5, 0.6) is 0 Å². The van der Waals surface area contributed by atoms with Gasteiger partial charge in [-0.25, -0.2) is 0 Å². The van der Waals surface area contributed by atoms with E-state index in [0.29, 0.717) is 6.61 Å². The molecule has 1 aromatic carbocycles. The summed E-state index contributed by atoms with van der Waals surface area (Å²) in [5.74, 6) is -2.88. The van der Waals surface area contributed by atoms with Crippen LogP contribution >= 0.6 is 0 Å². The average molecular weight is 569 g/mol. The van der Waals surface area contributed by atoms with Crippen LogP contribution in [0.2, 0.25) is 0 Å². The lowest BCUT2D eigenvalue weighted by Gasteiger charge is -2.46. The Kier molecular flexibility index (Phi) is 11.8. The molecular weight excluding hydrogens is 532 g/mol. The van der Waals surface area contributed by atoms with Crippen molar-refractivity contribution < 1.29 is 62.2 Å². The second kappa shape index (κ2) is 15.1. The van der Waals surface area contributed by atoms with E-state index in [2.05, 4.69) is 0 Å². The van der Waals surface area contributed by atoms with E-state index < -0.39 is 72.9 Å². The summed E-state index contributed by atoms with van der Waals surface area (Å²) in [5.41, 5.74) is 0.957. The number of carbonyl (C=O) groups is 4. The molecule has 222 valence electrons. The molecule has 0 spiro atoms. The van der Waals surface area contributed by atoms with Gasteiger partial charge in [-0.2, -0.15) is 0 Å². The molecule has 2 aliphatic heterocycles. The predicted octanol–water partition coefficient (Wildman–Crippen LogP) is 0.821. The maximum absolute atomic E-state index is 12.0. The summed E-state index contributed by atoms with van der Waals surface area (Å²) in [7, 11) is 0. The largest absolute Gasteiger partial charge is 0.463 e. The summed E-state index contributed by atoms with van der Waals surface area (Å²) in [6.45, 7) is 4.82. The molecule has 0 amide bonds. The van der Waals surface area contributed by atoms with Gasteiger partial charge >= 0.3 is 23.9 Å². The van der Waals surface area contributed by atoms with Gasteiger partial charge in [0.2, 0.25) is 0 Å². The standard InChI is InChI=1S/C27H36O13/c1-15(28)35-14-22-24(36-16(2)29)25(37-17(3)30)26(38-18(4)31)27(40-22)39-20-10-11-34-21(23(20)32)13-33-12-19-8-6-5-7-9-19/h5-9,20-27,32H,10-14H2,1-4H3. The first-order valence-corrected chi connectivity index (χ1v) is 12.9. The Morgan fingerprint density at radius 3 is 2.08 bits per heavy atom. The fraction of sp³-hybridized carbons (Fsp3) is 0.630. The maximum atomic E-state index is 12.0. The number of hydrogen-bond acceptors (Lipinski definition) is 13. The summed E-state index contributed by atoms with van der Waals surface area (Å²) in [6, 6.07) is 9.50. The zero-order valence-corrected chi connectivity index (χ0v) is 22.9. The van der Waals surface area contributed by atoms with Crippen molar-refractivity contribution in [3.8, 4) is 0 Å². The molecule has 2 aliphatic rings. The lowest BCUT2D eigenvalue weighted by molar-refractivity contribution is -0.329. The first-order valence-electron chi connectivity index (χ1n) is 12.9. The minimum absolute atomic E-state index is 0.0779. The zero-order valence-electron chi connectivity index (χ0n) is 22.9. The second-order valence-electron chi connectivity index (χ2n) is 9.43. The van der Waals surface area contributed by atoms with Crippen molar-refractivity contribution in [3.63, 3.8) is 0 Å². The third kappa shape index (κ3) is 9.24. The molecule has 0 saturated carbocycles. The summed E-state index contributed by atoms with van der Waals surface area (Å²) < 4.78 is 44.8. The maximum Gasteiger partial charge on any atom is 0.303 e. The molecule has 2 heterocycles. The Morgan fingerprint density at radius 2 is 1.45 bits per heavy atom. The highest BCUT2D eigenvalue weighted by Crippen LogP contribution is 2.32. The van der Waals surface area contributed by atoms with Crippen molar-refractivity contribution in [2.24, 2.45) is 0 Å². The molecule has 13 nitrogen and oxygen atoms in total. The van der Waals surface area contributed by atoms with Crippen LogP contribution in [-0.2, 0) is 63.7 Å². The Bertz CT molecular complexity index is 999. The summed E-state index contributed by atoms with van der Waals surface area (Å²) >= 11 is 0. The molecule has 0 aromatic heterocycles. The van der Waals surface area contributed by atoms with E-state index in [0.717, 1.165) is 26.3 Å². The van der Waals surface area contributed by atoms with Gasteiger partial charge in [-0.3, -0.25) is 19.2 Å². The third-order valence-electron chi connectivity index (χ3n) is 6.15. The molecule has 0 radical (unpaired) electrons. The molecular formula is C27H36O13. The van der Waals surface area contributed by atoms with Crippen molar-refractivity contribution in [1.29, 1.82) is 0 Å². The molecule has 3 rings (SSSR count). The highest BCUT2D eigenvalue weighted by Gasteiger charge is 2.54. The molecule has 0 bridgehead atoms.